The second-order valence-electron chi connectivity index (χ2n) is 8.55. The molecule has 0 radical (unpaired) electrons. The number of halogens is 2. The van der Waals surface area contributed by atoms with Gasteiger partial charge in [0.25, 0.3) is 0 Å². The van der Waals surface area contributed by atoms with E-state index in [-0.39, 0.29) is 3.63 Å². The summed E-state index contributed by atoms with van der Waals surface area (Å²) in [5.74, 6) is 0. The van der Waals surface area contributed by atoms with E-state index in [0.29, 0.717) is 0 Å². The van der Waals surface area contributed by atoms with E-state index in [9.17, 15) is 0 Å². The van der Waals surface area contributed by atoms with Crippen LogP contribution in [-0.4, -0.2) is 0 Å². The van der Waals surface area contributed by atoms with Gasteiger partial charge in [-0.05, 0) is 0 Å². The van der Waals surface area contributed by atoms with Crippen LogP contribution in [0, 0.1) is 0 Å². The molecule has 0 aliphatic heterocycles. The molecule has 0 amide bonds. The van der Waals surface area contributed by atoms with E-state index in [1.807, 2.05) is 0 Å². The van der Waals surface area contributed by atoms with Gasteiger partial charge in [-0.3, -0.25) is 0 Å². The van der Waals surface area contributed by atoms with E-state index in [0.717, 1.165) is 19.3 Å². The predicted octanol–water partition coefficient (Wildman–Crippen LogP) is 8.04. The van der Waals surface area contributed by atoms with Crippen LogP contribution in [0.5, 0.6) is 0 Å². The first-order valence-electron chi connectivity index (χ1n) is 10.8. The monoisotopic (exact) mass is 517 g/mol. The Morgan fingerprint density at radius 1 is 0.613 bits per heavy atom. The van der Waals surface area contributed by atoms with Gasteiger partial charge in [0.15, 0.2) is 0 Å². The molecule has 0 saturated carbocycles. The Balaban J connectivity index is 1.47. The topological polar surface area (TPSA) is 0 Å². The summed E-state index contributed by atoms with van der Waals surface area (Å²) in [6, 6.07) is 31.1. The van der Waals surface area contributed by atoms with Crippen LogP contribution in [0.2, 0.25) is 0 Å². The molecule has 0 aromatic heterocycles. The Bertz CT molecular complexity index is 1310. The van der Waals surface area contributed by atoms with E-state index >= 15 is 0 Å². The van der Waals surface area contributed by atoms with Crippen LogP contribution in [0.15, 0.2) is 84.9 Å². The van der Waals surface area contributed by atoms with Crippen molar-refractivity contribution in [1.29, 1.82) is 0 Å². The van der Waals surface area contributed by atoms with Crippen molar-refractivity contribution in [2.24, 2.45) is 0 Å². The second-order valence-corrected chi connectivity index (χ2v) is 17.6. The molecule has 4 aromatic rings. The Morgan fingerprint density at radius 3 is 1.84 bits per heavy atom. The zero-order valence-corrected chi connectivity index (χ0v) is 21.0. The molecule has 1 unspecified atom stereocenters. The molecule has 2 aliphatic rings. The van der Waals surface area contributed by atoms with Crippen molar-refractivity contribution in [2.45, 2.75) is 22.9 Å². The molecule has 0 fully saturated rings. The van der Waals surface area contributed by atoms with E-state index in [1.165, 1.54) is 55.6 Å². The fourth-order valence-electron chi connectivity index (χ4n) is 5.47. The summed E-state index contributed by atoms with van der Waals surface area (Å²) < 4.78 is 0.228. The maximum absolute atomic E-state index is 6.87. The third-order valence-electron chi connectivity index (χ3n) is 6.82. The zero-order chi connectivity index (χ0) is 20.9. The molecule has 0 bridgehead atoms. The van der Waals surface area contributed by atoms with Crippen molar-refractivity contribution in [3.8, 4) is 22.3 Å². The predicted molar refractivity (Wildman–Crippen MR) is 128 cm³/mol. The summed E-state index contributed by atoms with van der Waals surface area (Å²) in [7, 11) is 13.7. The average Bonchev–Trinajstić information content (AvgIpc) is 3.36. The van der Waals surface area contributed by atoms with Gasteiger partial charge in [-0.1, -0.05) is 0 Å². The van der Waals surface area contributed by atoms with Gasteiger partial charge in [0.05, 0.1) is 0 Å². The summed E-state index contributed by atoms with van der Waals surface area (Å²) in [6.07, 6.45) is 2.94. The molecule has 0 heterocycles. The summed E-state index contributed by atoms with van der Waals surface area (Å²) >= 11 is -2.63. The van der Waals surface area contributed by atoms with Crippen LogP contribution in [0.25, 0.3) is 22.3 Å². The Labute approximate surface area is 198 Å². The minimum atomic E-state index is -2.63. The van der Waals surface area contributed by atoms with Crippen molar-refractivity contribution in [3.63, 3.8) is 0 Å². The van der Waals surface area contributed by atoms with Crippen LogP contribution in [0.1, 0.15) is 37.0 Å². The van der Waals surface area contributed by atoms with Crippen molar-refractivity contribution in [2.75, 3.05) is 0 Å². The van der Waals surface area contributed by atoms with Crippen LogP contribution in [0.3, 0.4) is 0 Å². The van der Waals surface area contributed by atoms with Crippen molar-refractivity contribution in [3.05, 3.63) is 118 Å². The molecule has 3 heteroatoms. The van der Waals surface area contributed by atoms with Crippen LogP contribution in [0.4, 0.5) is 0 Å². The molecule has 0 spiro atoms. The molecule has 0 N–H and O–H groups in total. The summed E-state index contributed by atoms with van der Waals surface area (Å²) in [6.45, 7) is 0. The SMILES string of the molecule is [Cl][Zr]([Cl])[CH](Cc1cccc2c1-c1ccccc1C2)c1cccc2c1-c1ccccc1C2. The van der Waals surface area contributed by atoms with Crippen LogP contribution >= 0.6 is 17.0 Å². The molecule has 0 saturated heterocycles. The normalized spacial score (nSPS) is 13.9. The van der Waals surface area contributed by atoms with Gasteiger partial charge in [0, 0.05) is 0 Å². The van der Waals surface area contributed by atoms with Crippen LogP contribution in [-0.2, 0) is 38.6 Å². The van der Waals surface area contributed by atoms with Crippen molar-refractivity contribution >= 4 is 17.0 Å². The fraction of sp³-hybridized carbons (Fsp3) is 0.143. The molecule has 6 rings (SSSR count). The molecular weight excluding hydrogens is 498 g/mol. The van der Waals surface area contributed by atoms with Crippen molar-refractivity contribution in [1.82, 2.24) is 0 Å². The first-order chi connectivity index (χ1) is 15.2. The van der Waals surface area contributed by atoms with Crippen LogP contribution < -0.4 is 0 Å². The van der Waals surface area contributed by atoms with Gasteiger partial charge >= 0.3 is 200 Å². The quantitative estimate of drug-likeness (QED) is 0.221. The van der Waals surface area contributed by atoms with Gasteiger partial charge in [0.2, 0.25) is 0 Å². The molecule has 0 nitrogen and oxygen atoms in total. The van der Waals surface area contributed by atoms with E-state index in [1.54, 1.807) is 0 Å². The summed E-state index contributed by atoms with van der Waals surface area (Å²) in [5.41, 5.74) is 13.9. The molecular formula is C28H21Cl2Zr. The van der Waals surface area contributed by atoms with E-state index in [4.69, 9.17) is 17.0 Å². The van der Waals surface area contributed by atoms with Gasteiger partial charge in [0.1, 0.15) is 0 Å². The average molecular weight is 520 g/mol. The molecule has 2 aliphatic carbocycles. The molecule has 4 aromatic carbocycles. The number of fused-ring (bicyclic) bond motifs is 6. The Morgan fingerprint density at radius 2 is 1.16 bits per heavy atom. The number of hydrogen-bond donors (Lipinski definition) is 0. The van der Waals surface area contributed by atoms with Gasteiger partial charge in [-0.25, -0.2) is 0 Å². The third-order valence-corrected chi connectivity index (χ3v) is 12.5. The zero-order valence-electron chi connectivity index (χ0n) is 17.0. The van der Waals surface area contributed by atoms with Gasteiger partial charge < -0.3 is 0 Å². The third kappa shape index (κ3) is 3.37. The van der Waals surface area contributed by atoms with E-state index < -0.39 is 19.4 Å². The number of rotatable bonds is 4. The van der Waals surface area contributed by atoms with E-state index in [2.05, 4.69) is 84.9 Å². The first-order valence-corrected chi connectivity index (χ1v) is 18.5. The number of benzene rings is 4. The first kappa shape index (κ1) is 20.0. The second kappa shape index (κ2) is 8.04. The van der Waals surface area contributed by atoms with Gasteiger partial charge in [-0.2, -0.15) is 0 Å². The number of hydrogen-bond acceptors (Lipinski definition) is 0. The minimum absolute atomic E-state index is 0.228. The fourth-order valence-corrected chi connectivity index (χ4v) is 9.87. The molecule has 151 valence electrons. The Kier molecular flexibility index (Phi) is 5.18. The van der Waals surface area contributed by atoms with Crippen molar-refractivity contribution < 1.29 is 19.4 Å². The summed E-state index contributed by atoms with van der Waals surface area (Å²) in [4.78, 5) is 0. The van der Waals surface area contributed by atoms with Gasteiger partial charge in [-0.15, -0.1) is 0 Å². The molecule has 1 atom stereocenters. The maximum atomic E-state index is 6.87. The summed E-state index contributed by atoms with van der Waals surface area (Å²) in [5, 5.41) is 0. The standard InChI is InChI=1S/C28H21.2ClH.Zr/c1-3-13-25-21(7-1)17-23-11-5-9-19(27(23)25)15-16-20-10-6-12-24-18-22-8-2-4-14-26(22)28(20)24;;;/h1-15H,16-18H2;2*1H;/q;;;+2/p-2. The molecule has 31 heavy (non-hydrogen) atoms. The Hall–Kier alpha value is -1.66.